The summed E-state index contributed by atoms with van der Waals surface area (Å²) in [7, 11) is -7.10. The van der Waals surface area contributed by atoms with Gasteiger partial charge in [0.15, 0.2) is 0 Å². The average Bonchev–Trinajstić information content (AvgIpc) is 3.25. The molecule has 38 heavy (non-hydrogen) atoms. The number of nitrogens with zero attached hydrogens (tertiary/aromatic N) is 4. The van der Waals surface area contributed by atoms with Crippen molar-refractivity contribution in [2.24, 2.45) is 0 Å². The van der Waals surface area contributed by atoms with Crippen molar-refractivity contribution in [2.45, 2.75) is 44.0 Å². The van der Waals surface area contributed by atoms with Crippen LogP contribution in [0.25, 0.3) is 16.8 Å². The molecular formula is C26H30N6O4S2. The third kappa shape index (κ3) is 5.38. The summed E-state index contributed by atoms with van der Waals surface area (Å²) in [6.45, 7) is 5.83. The second-order valence-electron chi connectivity index (χ2n) is 10.4. The summed E-state index contributed by atoms with van der Waals surface area (Å²) in [6, 6.07) is 16.0. The van der Waals surface area contributed by atoms with E-state index >= 15 is 0 Å². The standard InChI is InChI=1S/C26H30N6O4S2/c1-26(2,3)30-38(35,36)22-9-5-7-19(15-22)23-13-12-21-17-27-25(29-32(21)23)28-20-11-10-18-8-6-14-31(24(18)16-20)37(4,33)34/h5,7,9-13,15-17,30H,6,8,14H2,1-4H3,(H,28,29). The Kier molecular flexibility index (Phi) is 6.44. The minimum Gasteiger partial charge on any atom is -0.323 e. The van der Waals surface area contributed by atoms with E-state index in [-0.39, 0.29) is 4.90 Å². The fourth-order valence-electron chi connectivity index (χ4n) is 4.55. The van der Waals surface area contributed by atoms with Gasteiger partial charge in [0.1, 0.15) is 0 Å². The van der Waals surface area contributed by atoms with Gasteiger partial charge in [0, 0.05) is 23.3 Å². The van der Waals surface area contributed by atoms with Gasteiger partial charge in [-0.25, -0.2) is 31.1 Å². The largest absolute Gasteiger partial charge is 0.323 e. The van der Waals surface area contributed by atoms with Gasteiger partial charge in [-0.3, -0.25) is 4.31 Å². The Labute approximate surface area is 222 Å². The maximum atomic E-state index is 12.9. The number of hydrogen-bond donors (Lipinski definition) is 2. The van der Waals surface area contributed by atoms with Crippen LogP contribution in [0.2, 0.25) is 0 Å². The van der Waals surface area contributed by atoms with Crippen molar-refractivity contribution in [2.75, 3.05) is 22.4 Å². The molecule has 0 atom stereocenters. The van der Waals surface area contributed by atoms with Gasteiger partial charge in [-0.05, 0) is 75.6 Å². The number of aromatic nitrogens is 3. The summed E-state index contributed by atoms with van der Waals surface area (Å²) < 4.78 is 56.2. The zero-order chi connectivity index (χ0) is 27.3. The second kappa shape index (κ2) is 9.37. The van der Waals surface area contributed by atoms with Crippen LogP contribution in [0.15, 0.2) is 65.7 Å². The minimum atomic E-state index is -3.71. The van der Waals surface area contributed by atoms with Crippen LogP contribution in [0.5, 0.6) is 0 Å². The van der Waals surface area contributed by atoms with Gasteiger partial charge in [-0.2, -0.15) is 0 Å². The van der Waals surface area contributed by atoms with Gasteiger partial charge in [-0.1, -0.05) is 18.2 Å². The van der Waals surface area contributed by atoms with Gasteiger partial charge in [0.2, 0.25) is 26.0 Å². The van der Waals surface area contributed by atoms with E-state index in [0.29, 0.717) is 35.1 Å². The van der Waals surface area contributed by atoms with Crippen LogP contribution in [0.4, 0.5) is 17.3 Å². The van der Waals surface area contributed by atoms with Crippen molar-refractivity contribution in [3.8, 4) is 11.3 Å². The number of aryl methyl sites for hydroxylation is 1. The quantitative estimate of drug-likeness (QED) is 0.370. The molecule has 0 radical (unpaired) electrons. The van der Waals surface area contributed by atoms with E-state index in [1.54, 1.807) is 55.7 Å². The van der Waals surface area contributed by atoms with E-state index in [1.165, 1.54) is 10.6 Å². The molecule has 5 rings (SSSR count). The van der Waals surface area contributed by atoms with Crippen LogP contribution < -0.4 is 14.3 Å². The molecule has 0 saturated carbocycles. The van der Waals surface area contributed by atoms with Crippen LogP contribution in [-0.4, -0.2) is 49.8 Å². The van der Waals surface area contributed by atoms with Crippen LogP contribution in [-0.2, 0) is 26.5 Å². The molecule has 12 heteroatoms. The van der Waals surface area contributed by atoms with Crippen molar-refractivity contribution in [3.63, 3.8) is 0 Å². The zero-order valence-electron chi connectivity index (χ0n) is 21.6. The number of anilines is 3. The smallest absolute Gasteiger partial charge is 0.245 e. The summed E-state index contributed by atoms with van der Waals surface area (Å²) in [4.78, 5) is 4.57. The fraction of sp³-hybridized carbons (Fsp3) is 0.308. The van der Waals surface area contributed by atoms with Crippen LogP contribution in [0.3, 0.4) is 0 Å². The molecule has 1 aliphatic heterocycles. The summed E-state index contributed by atoms with van der Waals surface area (Å²) in [5, 5.41) is 7.81. The normalized spacial score (nSPS) is 14.5. The molecule has 10 nitrogen and oxygen atoms in total. The Morgan fingerprint density at radius 2 is 1.76 bits per heavy atom. The Morgan fingerprint density at radius 1 is 0.974 bits per heavy atom. The molecule has 0 aliphatic carbocycles. The topological polar surface area (TPSA) is 126 Å². The van der Waals surface area contributed by atoms with Crippen molar-refractivity contribution in [3.05, 3.63) is 66.4 Å². The number of benzene rings is 2. The lowest BCUT2D eigenvalue weighted by Crippen LogP contribution is -2.40. The molecule has 0 spiro atoms. The highest BCUT2D eigenvalue weighted by Gasteiger charge is 2.25. The first-order valence-electron chi connectivity index (χ1n) is 12.2. The lowest BCUT2D eigenvalue weighted by molar-refractivity contribution is 0.491. The third-order valence-corrected chi connectivity index (χ3v) is 9.03. The van der Waals surface area contributed by atoms with Crippen molar-refractivity contribution < 1.29 is 16.8 Å². The van der Waals surface area contributed by atoms with E-state index in [4.69, 9.17) is 0 Å². The summed E-state index contributed by atoms with van der Waals surface area (Å²) in [6.07, 6.45) is 4.47. The molecule has 200 valence electrons. The Hall–Kier alpha value is -3.48. The van der Waals surface area contributed by atoms with E-state index in [2.05, 4.69) is 20.1 Å². The third-order valence-electron chi connectivity index (χ3n) is 6.10. The van der Waals surface area contributed by atoms with Gasteiger partial charge < -0.3 is 5.32 Å². The maximum Gasteiger partial charge on any atom is 0.245 e. The summed E-state index contributed by atoms with van der Waals surface area (Å²) in [5.41, 5.74) is 3.81. The van der Waals surface area contributed by atoms with Gasteiger partial charge >= 0.3 is 0 Å². The first-order chi connectivity index (χ1) is 17.8. The van der Waals surface area contributed by atoms with Crippen LogP contribution >= 0.6 is 0 Å². The zero-order valence-corrected chi connectivity index (χ0v) is 23.3. The molecule has 2 aromatic carbocycles. The number of hydrogen-bond acceptors (Lipinski definition) is 7. The van der Waals surface area contributed by atoms with Gasteiger partial charge in [0.05, 0.1) is 34.2 Å². The number of fused-ring (bicyclic) bond motifs is 2. The van der Waals surface area contributed by atoms with Crippen LogP contribution in [0, 0.1) is 0 Å². The van der Waals surface area contributed by atoms with E-state index in [1.807, 2.05) is 30.3 Å². The van der Waals surface area contributed by atoms with Crippen molar-refractivity contribution >= 4 is 42.9 Å². The first kappa shape index (κ1) is 26.1. The highest BCUT2D eigenvalue weighted by atomic mass is 32.2. The Balaban J connectivity index is 1.48. The first-order valence-corrected chi connectivity index (χ1v) is 15.5. The minimum absolute atomic E-state index is 0.164. The van der Waals surface area contributed by atoms with Gasteiger partial charge in [-0.15, -0.1) is 5.10 Å². The number of sulfonamides is 2. The second-order valence-corrected chi connectivity index (χ2v) is 14.0. The molecular weight excluding hydrogens is 524 g/mol. The molecule has 3 heterocycles. The van der Waals surface area contributed by atoms with E-state index in [9.17, 15) is 16.8 Å². The molecule has 0 fully saturated rings. The maximum absolute atomic E-state index is 12.9. The highest BCUT2D eigenvalue weighted by Crippen LogP contribution is 2.32. The molecule has 0 bridgehead atoms. The Bertz CT molecular complexity index is 1740. The lowest BCUT2D eigenvalue weighted by atomic mass is 10.0. The summed E-state index contributed by atoms with van der Waals surface area (Å²) in [5.74, 6) is 0.315. The number of nitrogens with one attached hydrogen (secondary N) is 2. The molecule has 1 aliphatic rings. The molecule has 0 amide bonds. The fourth-order valence-corrected chi connectivity index (χ4v) is 7.01. The van der Waals surface area contributed by atoms with Crippen LogP contribution in [0.1, 0.15) is 32.8 Å². The van der Waals surface area contributed by atoms with Crippen molar-refractivity contribution in [1.29, 1.82) is 0 Å². The lowest BCUT2D eigenvalue weighted by Gasteiger charge is -2.29. The molecule has 4 aromatic rings. The van der Waals surface area contributed by atoms with E-state index < -0.39 is 25.6 Å². The molecule has 0 saturated heterocycles. The summed E-state index contributed by atoms with van der Waals surface area (Å²) >= 11 is 0. The molecule has 2 aromatic heterocycles. The van der Waals surface area contributed by atoms with Crippen molar-refractivity contribution in [1.82, 2.24) is 19.3 Å². The average molecular weight is 555 g/mol. The predicted molar refractivity (Wildman–Crippen MR) is 149 cm³/mol. The number of rotatable bonds is 6. The van der Waals surface area contributed by atoms with E-state index in [0.717, 1.165) is 23.9 Å². The Morgan fingerprint density at radius 3 is 2.50 bits per heavy atom. The monoisotopic (exact) mass is 554 g/mol. The molecule has 0 unspecified atom stereocenters. The predicted octanol–water partition coefficient (Wildman–Crippen LogP) is 3.93. The van der Waals surface area contributed by atoms with Gasteiger partial charge in [0.25, 0.3) is 0 Å². The SMILES string of the molecule is CC(C)(C)NS(=O)(=O)c1cccc(-c2ccc3cnc(Nc4ccc5c(c4)N(S(C)(=O)=O)CCC5)nn23)c1. The highest BCUT2D eigenvalue weighted by molar-refractivity contribution is 7.92. The molecule has 2 N–H and O–H groups in total.